The van der Waals surface area contributed by atoms with E-state index < -0.39 is 0 Å². The fourth-order valence-electron chi connectivity index (χ4n) is 3.19. The summed E-state index contributed by atoms with van der Waals surface area (Å²) in [6, 6.07) is 15.2. The van der Waals surface area contributed by atoms with Gasteiger partial charge in [0.25, 0.3) is 11.8 Å². The van der Waals surface area contributed by atoms with Gasteiger partial charge in [-0.1, -0.05) is 35.9 Å². The molecule has 1 saturated carbocycles. The second kappa shape index (κ2) is 9.76. The average molecular weight is 417 g/mol. The highest BCUT2D eigenvalue weighted by molar-refractivity contribution is 6.33. The van der Waals surface area contributed by atoms with E-state index in [9.17, 15) is 9.59 Å². The zero-order chi connectivity index (χ0) is 20.8. The predicted octanol–water partition coefficient (Wildman–Crippen LogP) is 1.99. The summed E-state index contributed by atoms with van der Waals surface area (Å²) in [6.07, 6.45) is 2.07. The summed E-state index contributed by atoms with van der Waals surface area (Å²) in [5, 5.41) is 3.30. The number of amides is 2. The number of nitrogens with one attached hydrogen (secondary N) is 2. The summed E-state index contributed by atoms with van der Waals surface area (Å²) in [7, 11) is 3.48. The standard InChI is InChI=1S/C22H26ClN3O3/c1-25(14-21(27)24-20-6-4-3-5-19(20)23)15-22(28)26(17-9-10-17)13-16-7-11-18(29-2)12-8-16/h3-8,11-12,17H,9-10,13-15H2,1-2H3,(H,24,27)/p+1. The van der Waals surface area contributed by atoms with E-state index in [1.807, 2.05) is 48.3 Å². The van der Waals surface area contributed by atoms with E-state index in [0.717, 1.165) is 29.1 Å². The van der Waals surface area contributed by atoms with E-state index >= 15 is 0 Å². The van der Waals surface area contributed by atoms with Crippen LogP contribution in [-0.2, 0) is 16.1 Å². The molecule has 2 aromatic carbocycles. The predicted molar refractivity (Wildman–Crippen MR) is 113 cm³/mol. The Kier molecular flexibility index (Phi) is 7.12. The van der Waals surface area contributed by atoms with Gasteiger partial charge in [0.2, 0.25) is 0 Å². The van der Waals surface area contributed by atoms with Gasteiger partial charge in [0, 0.05) is 12.6 Å². The van der Waals surface area contributed by atoms with Crippen molar-refractivity contribution in [3.8, 4) is 5.75 Å². The second-order valence-electron chi connectivity index (χ2n) is 7.44. The highest BCUT2D eigenvalue weighted by Crippen LogP contribution is 2.28. The third kappa shape index (κ3) is 6.21. The minimum absolute atomic E-state index is 0.0614. The molecule has 1 aliphatic rings. The van der Waals surface area contributed by atoms with E-state index in [1.54, 1.807) is 19.2 Å². The Labute approximate surface area is 176 Å². The average Bonchev–Trinajstić information content (AvgIpc) is 3.53. The molecule has 1 fully saturated rings. The van der Waals surface area contributed by atoms with Gasteiger partial charge in [0.05, 0.1) is 24.9 Å². The van der Waals surface area contributed by atoms with Crippen LogP contribution in [0.25, 0.3) is 0 Å². The largest absolute Gasteiger partial charge is 0.497 e. The zero-order valence-electron chi connectivity index (χ0n) is 16.8. The number of nitrogens with zero attached hydrogens (tertiary/aromatic N) is 1. The van der Waals surface area contributed by atoms with E-state index in [2.05, 4.69) is 5.32 Å². The Morgan fingerprint density at radius 1 is 1.14 bits per heavy atom. The summed E-state index contributed by atoms with van der Waals surface area (Å²) in [5.74, 6) is 0.689. The van der Waals surface area contributed by atoms with E-state index in [0.29, 0.717) is 23.3 Å². The molecule has 6 nitrogen and oxygen atoms in total. The summed E-state index contributed by atoms with van der Waals surface area (Å²) in [5.41, 5.74) is 1.65. The second-order valence-corrected chi connectivity index (χ2v) is 7.85. The Morgan fingerprint density at radius 3 is 2.45 bits per heavy atom. The number of quaternary nitrogens is 1. The summed E-state index contributed by atoms with van der Waals surface area (Å²) in [4.78, 5) is 27.9. The fraction of sp³-hybridized carbons (Fsp3) is 0.364. The molecule has 0 bridgehead atoms. The number of anilines is 1. The summed E-state index contributed by atoms with van der Waals surface area (Å²) >= 11 is 6.08. The van der Waals surface area contributed by atoms with Crippen LogP contribution in [0, 0.1) is 0 Å². The minimum atomic E-state index is -0.170. The van der Waals surface area contributed by atoms with Crippen LogP contribution in [0.4, 0.5) is 5.69 Å². The number of methoxy groups -OCH3 is 1. The summed E-state index contributed by atoms with van der Waals surface area (Å²) < 4.78 is 5.19. The number of benzene rings is 2. The normalized spacial score (nSPS) is 14.2. The Morgan fingerprint density at radius 2 is 1.83 bits per heavy atom. The first-order chi connectivity index (χ1) is 14.0. The van der Waals surface area contributed by atoms with Gasteiger partial charge in [-0.05, 0) is 42.7 Å². The van der Waals surface area contributed by atoms with Gasteiger partial charge in [-0.3, -0.25) is 9.59 Å². The minimum Gasteiger partial charge on any atom is -0.497 e. The van der Waals surface area contributed by atoms with Gasteiger partial charge in [-0.2, -0.15) is 0 Å². The van der Waals surface area contributed by atoms with Crippen molar-refractivity contribution in [3.05, 3.63) is 59.1 Å². The molecular weight excluding hydrogens is 390 g/mol. The van der Waals surface area contributed by atoms with E-state index in [4.69, 9.17) is 16.3 Å². The molecule has 0 aliphatic heterocycles. The molecule has 7 heteroatoms. The Hall–Kier alpha value is -2.57. The molecule has 154 valence electrons. The molecule has 0 saturated heterocycles. The number of para-hydroxylation sites is 1. The lowest BCUT2D eigenvalue weighted by Gasteiger charge is -2.24. The first-order valence-electron chi connectivity index (χ1n) is 9.74. The number of hydrogen-bond donors (Lipinski definition) is 2. The molecule has 3 rings (SSSR count). The maximum Gasteiger partial charge on any atom is 0.279 e. The highest BCUT2D eigenvalue weighted by atomic mass is 35.5. The molecule has 2 N–H and O–H groups in total. The first kappa shape index (κ1) is 21.1. The molecule has 2 amide bonds. The van der Waals surface area contributed by atoms with Crippen molar-refractivity contribution >= 4 is 29.1 Å². The van der Waals surface area contributed by atoms with Crippen molar-refractivity contribution in [2.75, 3.05) is 32.6 Å². The van der Waals surface area contributed by atoms with Crippen LogP contribution in [-0.4, -0.2) is 50.0 Å². The zero-order valence-corrected chi connectivity index (χ0v) is 17.5. The maximum absolute atomic E-state index is 12.9. The maximum atomic E-state index is 12.9. The lowest BCUT2D eigenvalue weighted by atomic mass is 10.2. The third-order valence-electron chi connectivity index (χ3n) is 4.88. The topological polar surface area (TPSA) is 63.1 Å². The monoisotopic (exact) mass is 416 g/mol. The number of hydrogen-bond acceptors (Lipinski definition) is 3. The van der Waals surface area contributed by atoms with Crippen LogP contribution in [0.15, 0.2) is 48.5 Å². The van der Waals surface area contributed by atoms with Crippen LogP contribution in [0.5, 0.6) is 5.75 Å². The van der Waals surface area contributed by atoms with Gasteiger partial charge in [0.1, 0.15) is 5.75 Å². The number of ether oxygens (including phenoxy) is 1. The van der Waals surface area contributed by atoms with Crippen LogP contribution in [0.1, 0.15) is 18.4 Å². The van der Waals surface area contributed by atoms with Crippen LogP contribution in [0.2, 0.25) is 5.02 Å². The number of likely N-dealkylation sites (N-methyl/N-ethyl adjacent to an activating group) is 1. The molecule has 0 heterocycles. The number of halogens is 1. The quantitative estimate of drug-likeness (QED) is 0.657. The highest BCUT2D eigenvalue weighted by Gasteiger charge is 2.33. The van der Waals surface area contributed by atoms with Crippen molar-refractivity contribution in [2.45, 2.75) is 25.4 Å². The van der Waals surface area contributed by atoms with Gasteiger partial charge in [-0.25, -0.2) is 0 Å². The van der Waals surface area contributed by atoms with E-state index in [-0.39, 0.29) is 24.9 Å². The van der Waals surface area contributed by atoms with Crippen LogP contribution >= 0.6 is 11.6 Å². The molecule has 2 aromatic rings. The molecule has 0 aromatic heterocycles. The summed E-state index contributed by atoms with van der Waals surface area (Å²) in [6.45, 7) is 1.03. The smallest absolute Gasteiger partial charge is 0.279 e. The van der Waals surface area contributed by atoms with Gasteiger partial charge < -0.3 is 19.9 Å². The Balaban J connectivity index is 1.53. The van der Waals surface area contributed by atoms with Crippen molar-refractivity contribution in [1.29, 1.82) is 0 Å². The molecule has 29 heavy (non-hydrogen) atoms. The van der Waals surface area contributed by atoms with Gasteiger partial charge >= 0.3 is 0 Å². The number of carbonyl (C=O) groups is 2. The molecule has 0 radical (unpaired) electrons. The van der Waals surface area contributed by atoms with Crippen molar-refractivity contribution in [3.63, 3.8) is 0 Å². The SMILES string of the molecule is COc1ccc(CN(C(=O)C[NH+](C)CC(=O)Nc2ccccc2Cl)C2CC2)cc1. The number of carbonyl (C=O) groups excluding carboxylic acids is 2. The molecule has 1 unspecified atom stereocenters. The van der Waals surface area contributed by atoms with Gasteiger partial charge in [-0.15, -0.1) is 0 Å². The van der Waals surface area contributed by atoms with Crippen molar-refractivity contribution in [1.82, 2.24) is 4.90 Å². The lowest BCUT2D eigenvalue weighted by Crippen LogP contribution is -3.11. The van der Waals surface area contributed by atoms with Crippen LogP contribution in [0.3, 0.4) is 0 Å². The van der Waals surface area contributed by atoms with Crippen molar-refractivity contribution in [2.24, 2.45) is 0 Å². The van der Waals surface area contributed by atoms with Crippen LogP contribution < -0.4 is 15.0 Å². The number of rotatable bonds is 9. The molecule has 1 atom stereocenters. The third-order valence-corrected chi connectivity index (χ3v) is 5.21. The van der Waals surface area contributed by atoms with Gasteiger partial charge in [0.15, 0.2) is 13.1 Å². The lowest BCUT2D eigenvalue weighted by molar-refractivity contribution is -0.862. The molecular formula is C22H27ClN3O3+. The first-order valence-corrected chi connectivity index (χ1v) is 10.1. The Bertz CT molecular complexity index is 853. The molecule has 0 spiro atoms. The fourth-order valence-corrected chi connectivity index (χ4v) is 3.37. The van der Waals surface area contributed by atoms with E-state index in [1.165, 1.54) is 0 Å². The van der Waals surface area contributed by atoms with Crippen molar-refractivity contribution < 1.29 is 19.2 Å². The molecule has 1 aliphatic carbocycles.